The molecule has 0 spiro atoms. The molecule has 0 heterocycles. The average molecular weight is 208 g/mol. The third kappa shape index (κ3) is 13.5. The topological polar surface area (TPSA) is 0 Å². The highest BCUT2D eigenvalue weighted by Gasteiger charge is 1.88. The zero-order valence-corrected chi connectivity index (χ0v) is 10.7. The predicted molar refractivity (Wildman–Crippen MR) is 71.2 cm³/mol. The van der Waals surface area contributed by atoms with Crippen molar-refractivity contribution in [2.24, 2.45) is 0 Å². The number of hydrogen-bond acceptors (Lipinski definition) is 0. The minimum atomic E-state index is 1.14. The molecule has 0 saturated carbocycles. The average Bonchev–Trinajstić information content (AvgIpc) is 2.26. The second-order valence-electron chi connectivity index (χ2n) is 4.17. The van der Waals surface area contributed by atoms with Crippen molar-refractivity contribution < 1.29 is 0 Å². The Morgan fingerprint density at radius 2 is 1.27 bits per heavy atom. The molecule has 0 bridgehead atoms. The van der Waals surface area contributed by atoms with E-state index < -0.39 is 0 Å². The summed E-state index contributed by atoms with van der Waals surface area (Å²) in [5.74, 6) is 0. The van der Waals surface area contributed by atoms with Gasteiger partial charge in [-0.25, -0.2) is 0 Å². The fraction of sp³-hybridized carbons (Fsp3) is 0.733. The molecule has 0 saturated heterocycles. The normalized spacial score (nSPS) is 11.9. The largest absolute Gasteiger partial charge is 0.0848 e. The highest BCUT2D eigenvalue weighted by atomic mass is 13.9. The summed E-state index contributed by atoms with van der Waals surface area (Å²) in [7, 11) is 0. The van der Waals surface area contributed by atoms with Crippen molar-refractivity contribution in [2.75, 3.05) is 0 Å². The number of rotatable bonds is 10. The van der Waals surface area contributed by atoms with Crippen molar-refractivity contribution in [2.45, 2.75) is 71.6 Å². The van der Waals surface area contributed by atoms with E-state index in [0.29, 0.717) is 0 Å². The summed E-state index contributed by atoms with van der Waals surface area (Å²) < 4.78 is 0. The van der Waals surface area contributed by atoms with Gasteiger partial charge in [-0.3, -0.25) is 0 Å². The third-order valence-electron chi connectivity index (χ3n) is 2.59. The molecule has 0 rings (SSSR count). The van der Waals surface area contributed by atoms with Crippen LogP contribution >= 0.6 is 0 Å². The molecule has 15 heavy (non-hydrogen) atoms. The Balaban J connectivity index is 3.04. The van der Waals surface area contributed by atoms with Crippen LogP contribution < -0.4 is 0 Å². The molecule has 0 atom stereocenters. The summed E-state index contributed by atoms with van der Waals surface area (Å²) in [4.78, 5) is 0. The first-order valence-electron chi connectivity index (χ1n) is 6.73. The van der Waals surface area contributed by atoms with Crippen LogP contribution in [0.15, 0.2) is 24.3 Å². The lowest BCUT2D eigenvalue weighted by Gasteiger charge is -1.98. The van der Waals surface area contributed by atoms with Crippen LogP contribution in [0.3, 0.4) is 0 Å². The molecule has 0 aromatic carbocycles. The Hall–Kier alpha value is -0.520. The number of unbranched alkanes of at least 4 members (excludes halogenated alkanes) is 7. The van der Waals surface area contributed by atoms with Crippen molar-refractivity contribution in [1.29, 1.82) is 0 Å². The van der Waals surface area contributed by atoms with Crippen LogP contribution in [-0.4, -0.2) is 0 Å². The zero-order valence-electron chi connectivity index (χ0n) is 10.7. The van der Waals surface area contributed by atoms with E-state index in [1.54, 1.807) is 0 Å². The van der Waals surface area contributed by atoms with Crippen molar-refractivity contribution in [3.8, 4) is 0 Å². The second kappa shape index (κ2) is 13.5. The molecule has 0 unspecified atom stereocenters. The molecule has 0 aromatic rings. The van der Waals surface area contributed by atoms with Crippen molar-refractivity contribution in [3.05, 3.63) is 24.3 Å². The zero-order chi connectivity index (χ0) is 11.2. The molecule has 0 nitrogen and oxygen atoms in total. The Labute approximate surface area is 96.5 Å². The van der Waals surface area contributed by atoms with E-state index in [2.05, 4.69) is 38.2 Å². The molecule has 0 aliphatic rings. The fourth-order valence-electron chi connectivity index (χ4n) is 1.61. The molecule has 88 valence electrons. The first-order valence-corrected chi connectivity index (χ1v) is 6.73. The Bertz CT molecular complexity index is 153. The van der Waals surface area contributed by atoms with Gasteiger partial charge < -0.3 is 0 Å². The lowest BCUT2D eigenvalue weighted by Crippen LogP contribution is -1.78. The summed E-state index contributed by atoms with van der Waals surface area (Å²) in [5.41, 5.74) is 0. The Morgan fingerprint density at radius 1 is 0.667 bits per heavy atom. The van der Waals surface area contributed by atoms with Gasteiger partial charge in [0.05, 0.1) is 0 Å². The van der Waals surface area contributed by atoms with Gasteiger partial charge in [-0.15, -0.1) is 0 Å². The van der Waals surface area contributed by atoms with Crippen molar-refractivity contribution in [3.63, 3.8) is 0 Å². The van der Waals surface area contributed by atoms with Crippen LogP contribution in [0.4, 0.5) is 0 Å². The van der Waals surface area contributed by atoms with Crippen LogP contribution in [0.5, 0.6) is 0 Å². The van der Waals surface area contributed by atoms with Gasteiger partial charge in [-0.05, 0) is 19.3 Å². The molecule has 0 radical (unpaired) electrons. The first-order chi connectivity index (χ1) is 7.41. The summed E-state index contributed by atoms with van der Waals surface area (Å²) >= 11 is 0. The van der Waals surface area contributed by atoms with Crippen LogP contribution in [0.2, 0.25) is 0 Å². The second-order valence-corrected chi connectivity index (χ2v) is 4.17. The first kappa shape index (κ1) is 14.5. The van der Waals surface area contributed by atoms with Gasteiger partial charge in [0.2, 0.25) is 0 Å². The molecule has 0 amide bonds. The SMILES string of the molecule is CC/C=C\C=C/CCCCCCCCC. The molecular weight excluding hydrogens is 180 g/mol. The van der Waals surface area contributed by atoms with Gasteiger partial charge in [0.15, 0.2) is 0 Å². The maximum Gasteiger partial charge on any atom is -0.0348 e. The van der Waals surface area contributed by atoms with Crippen LogP contribution in [-0.2, 0) is 0 Å². The van der Waals surface area contributed by atoms with E-state index in [4.69, 9.17) is 0 Å². The summed E-state index contributed by atoms with van der Waals surface area (Å²) in [6.45, 7) is 4.44. The van der Waals surface area contributed by atoms with E-state index in [1.165, 1.54) is 51.4 Å². The van der Waals surface area contributed by atoms with Crippen LogP contribution in [0, 0.1) is 0 Å². The Morgan fingerprint density at radius 3 is 1.93 bits per heavy atom. The quantitative estimate of drug-likeness (QED) is 0.321. The highest BCUT2D eigenvalue weighted by molar-refractivity contribution is 5.01. The van der Waals surface area contributed by atoms with Crippen LogP contribution in [0.25, 0.3) is 0 Å². The van der Waals surface area contributed by atoms with Gasteiger partial charge in [0.25, 0.3) is 0 Å². The molecule has 0 heteroatoms. The molecule has 0 N–H and O–H groups in total. The van der Waals surface area contributed by atoms with Crippen LogP contribution in [0.1, 0.15) is 71.6 Å². The molecule has 0 fully saturated rings. The fourth-order valence-corrected chi connectivity index (χ4v) is 1.61. The molecular formula is C15H28. The van der Waals surface area contributed by atoms with Gasteiger partial charge in [-0.2, -0.15) is 0 Å². The maximum atomic E-state index is 2.29. The van der Waals surface area contributed by atoms with Gasteiger partial charge in [0.1, 0.15) is 0 Å². The molecule has 0 aromatic heterocycles. The maximum absolute atomic E-state index is 2.29. The predicted octanol–water partition coefficient (Wildman–Crippen LogP) is 5.65. The summed E-state index contributed by atoms with van der Waals surface area (Å²) in [5, 5.41) is 0. The minimum absolute atomic E-state index is 1.14. The summed E-state index contributed by atoms with van der Waals surface area (Å²) in [6, 6.07) is 0. The van der Waals surface area contributed by atoms with Crippen molar-refractivity contribution >= 4 is 0 Å². The van der Waals surface area contributed by atoms with E-state index in [1.807, 2.05) is 0 Å². The van der Waals surface area contributed by atoms with Gasteiger partial charge in [0, 0.05) is 0 Å². The highest BCUT2D eigenvalue weighted by Crippen LogP contribution is 2.08. The van der Waals surface area contributed by atoms with E-state index in [0.717, 1.165) is 6.42 Å². The van der Waals surface area contributed by atoms with E-state index in [9.17, 15) is 0 Å². The smallest absolute Gasteiger partial charge is 0.0348 e. The third-order valence-corrected chi connectivity index (χ3v) is 2.59. The van der Waals surface area contributed by atoms with Crippen molar-refractivity contribution in [1.82, 2.24) is 0 Å². The lowest BCUT2D eigenvalue weighted by molar-refractivity contribution is 0.592. The summed E-state index contributed by atoms with van der Waals surface area (Å²) in [6.07, 6.45) is 21.1. The lowest BCUT2D eigenvalue weighted by atomic mass is 10.1. The monoisotopic (exact) mass is 208 g/mol. The Kier molecular flexibility index (Phi) is 13.0. The van der Waals surface area contributed by atoms with Gasteiger partial charge in [-0.1, -0.05) is 76.7 Å². The van der Waals surface area contributed by atoms with E-state index in [-0.39, 0.29) is 0 Å². The molecule has 0 aliphatic heterocycles. The van der Waals surface area contributed by atoms with E-state index >= 15 is 0 Å². The standard InChI is InChI=1S/C15H28/c1-3-5-7-9-11-13-15-14-12-10-8-6-4-2/h5,7,9,11H,3-4,6,8,10,12-15H2,1-2H3/b7-5-,11-9-. The van der Waals surface area contributed by atoms with Gasteiger partial charge >= 0.3 is 0 Å². The number of allylic oxidation sites excluding steroid dienone is 4. The molecule has 0 aliphatic carbocycles. The number of hydrogen-bond donors (Lipinski definition) is 0. The minimum Gasteiger partial charge on any atom is -0.0848 e.